The van der Waals surface area contributed by atoms with Gasteiger partial charge < -0.3 is 10.4 Å². The van der Waals surface area contributed by atoms with Crippen LogP contribution in [0, 0.1) is 11.7 Å². The SMILES string of the molecule is CC(C)CCNC(=O)c1ccc(-c2cc(Cl)ccc2O)cc1F. The Morgan fingerprint density at radius 2 is 2.00 bits per heavy atom. The Balaban J connectivity index is 2.20. The van der Waals surface area contributed by atoms with Crippen molar-refractivity contribution in [3.63, 3.8) is 0 Å². The predicted molar refractivity (Wildman–Crippen MR) is 90.3 cm³/mol. The minimum Gasteiger partial charge on any atom is -0.507 e. The van der Waals surface area contributed by atoms with Gasteiger partial charge in [-0.15, -0.1) is 0 Å². The van der Waals surface area contributed by atoms with Gasteiger partial charge in [-0.1, -0.05) is 31.5 Å². The highest BCUT2D eigenvalue weighted by Gasteiger charge is 2.14. The van der Waals surface area contributed by atoms with E-state index in [0.29, 0.717) is 28.6 Å². The summed E-state index contributed by atoms with van der Waals surface area (Å²) < 4.78 is 14.2. The Hall–Kier alpha value is -2.07. The number of amides is 1. The van der Waals surface area contributed by atoms with Crippen LogP contribution in [0.3, 0.4) is 0 Å². The van der Waals surface area contributed by atoms with Crippen molar-refractivity contribution in [2.24, 2.45) is 5.92 Å². The lowest BCUT2D eigenvalue weighted by atomic mass is 10.0. The van der Waals surface area contributed by atoms with E-state index < -0.39 is 11.7 Å². The monoisotopic (exact) mass is 335 g/mol. The highest BCUT2D eigenvalue weighted by molar-refractivity contribution is 6.31. The Morgan fingerprint density at radius 1 is 1.26 bits per heavy atom. The predicted octanol–water partition coefficient (Wildman–Crippen LogP) is 4.63. The molecule has 3 nitrogen and oxygen atoms in total. The molecule has 0 atom stereocenters. The van der Waals surface area contributed by atoms with Crippen molar-refractivity contribution in [3.8, 4) is 16.9 Å². The van der Waals surface area contributed by atoms with Crippen LogP contribution >= 0.6 is 11.6 Å². The average molecular weight is 336 g/mol. The molecule has 0 bridgehead atoms. The molecule has 2 N–H and O–H groups in total. The van der Waals surface area contributed by atoms with Crippen LogP contribution in [0.1, 0.15) is 30.6 Å². The third-order valence-corrected chi connectivity index (χ3v) is 3.73. The van der Waals surface area contributed by atoms with Gasteiger partial charge >= 0.3 is 0 Å². The number of phenolic OH excluding ortho intramolecular Hbond substituents is 1. The molecule has 0 radical (unpaired) electrons. The first-order valence-electron chi connectivity index (χ1n) is 7.45. The van der Waals surface area contributed by atoms with Crippen LogP contribution in [0.25, 0.3) is 11.1 Å². The molecule has 0 heterocycles. The number of benzene rings is 2. The number of carbonyl (C=O) groups is 1. The van der Waals surface area contributed by atoms with Gasteiger partial charge in [-0.05, 0) is 48.2 Å². The first kappa shape index (κ1) is 17.3. The molecular weight excluding hydrogens is 317 g/mol. The molecule has 0 aliphatic heterocycles. The summed E-state index contributed by atoms with van der Waals surface area (Å²) in [6.07, 6.45) is 0.835. The number of hydrogen-bond donors (Lipinski definition) is 2. The molecule has 23 heavy (non-hydrogen) atoms. The van der Waals surface area contributed by atoms with Crippen molar-refractivity contribution < 1.29 is 14.3 Å². The van der Waals surface area contributed by atoms with Gasteiger partial charge in [0.25, 0.3) is 5.91 Å². The second-order valence-electron chi connectivity index (χ2n) is 5.79. The minimum atomic E-state index is -0.635. The first-order valence-corrected chi connectivity index (χ1v) is 7.83. The summed E-state index contributed by atoms with van der Waals surface area (Å²) in [5.74, 6) is -0.606. The average Bonchev–Trinajstić information content (AvgIpc) is 2.49. The molecule has 0 fully saturated rings. The summed E-state index contributed by atoms with van der Waals surface area (Å²) in [5, 5.41) is 13.0. The second-order valence-corrected chi connectivity index (χ2v) is 6.23. The van der Waals surface area contributed by atoms with Crippen LogP contribution in [0.5, 0.6) is 5.75 Å². The lowest BCUT2D eigenvalue weighted by molar-refractivity contribution is 0.0948. The molecule has 122 valence electrons. The summed E-state index contributed by atoms with van der Waals surface area (Å²) in [6, 6.07) is 8.77. The molecule has 0 aromatic heterocycles. The molecule has 2 rings (SSSR count). The summed E-state index contributed by atoms with van der Waals surface area (Å²) in [4.78, 5) is 12.0. The molecule has 0 saturated heterocycles. The van der Waals surface area contributed by atoms with Crippen LogP contribution in [0.4, 0.5) is 4.39 Å². The Morgan fingerprint density at radius 3 is 2.65 bits per heavy atom. The van der Waals surface area contributed by atoms with E-state index in [9.17, 15) is 14.3 Å². The quantitative estimate of drug-likeness (QED) is 0.837. The molecule has 1 amide bonds. The molecule has 0 aliphatic rings. The van der Waals surface area contributed by atoms with E-state index in [0.717, 1.165) is 6.42 Å². The highest BCUT2D eigenvalue weighted by Crippen LogP contribution is 2.32. The maximum atomic E-state index is 14.2. The Bertz CT molecular complexity index is 716. The second kappa shape index (κ2) is 7.47. The summed E-state index contributed by atoms with van der Waals surface area (Å²) in [5.41, 5.74) is 0.864. The van der Waals surface area contributed by atoms with E-state index in [-0.39, 0.29) is 11.3 Å². The maximum Gasteiger partial charge on any atom is 0.254 e. The smallest absolute Gasteiger partial charge is 0.254 e. The molecule has 5 heteroatoms. The van der Waals surface area contributed by atoms with E-state index in [1.54, 1.807) is 18.2 Å². The van der Waals surface area contributed by atoms with Crippen molar-refractivity contribution in [1.82, 2.24) is 5.32 Å². The van der Waals surface area contributed by atoms with Crippen molar-refractivity contribution in [1.29, 1.82) is 0 Å². The fourth-order valence-corrected chi connectivity index (χ4v) is 2.35. The highest BCUT2D eigenvalue weighted by atomic mass is 35.5. The number of carbonyl (C=O) groups excluding carboxylic acids is 1. The van der Waals surface area contributed by atoms with Crippen molar-refractivity contribution in [2.45, 2.75) is 20.3 Å². The number of aromatic hydroxyl groups is 1. The van der Waals surface area contributed by atoms with Crippen LogP contribution in [0.2, 0.25) is 5.02 Å². The number of phenols is 1. The Kier molecular flexibility index (Phi) is 5.61. The third kappa shape index (κ3) is 4.45. The first-order chi connectivity index (χ1) is 10.9. The molecule has 2 aromatic rings. The van der Waals surface area contributed by atoms with Gasteiger partial charge in [0.15, 0.2) is 0 Å². The van der Waals surface area contributed by atoms with Crippen LogP contribution in [0.15, 0.2) is 36.4 Å². The van der Waals surface area contributed by atoms with E-state index in [4.69, 9.17) is 11.6 Å². The number of halogens is 2. The van der Waals surface area contributed by atoms with Crippen molar-refractivity contribution in [2.75, 3.05) is 6.54 Å². The normalized spacial score (nSPS) is 10.8. The van der Waals surface area contributed by atoms with E-state index in [1.165, 1.54) is 18.2 Å². The van der Waals surface area contributed by atoms with Crippen molar-refractivity contribution in [3.05, 3.63) is 52.8 Å². The molecule has 2 aromatic carbocycles. The number of hydrogen-bond acceptors (Lipinski definition) is 2. The fourth-order valence-electron chi connectivity index (χ4n) is 2.18. The van der Waals surface area contributed by atoms with E-state index >= 15 is 0 Å². The van der Waals surface area contributed by atoms with Gasteiger partial charge in [0, 0.05) is 17.1 Å². The van der Waals surface area contributed by atoms with E-state index in [1.807, 2.05) is 0 Å². The van der Waals surface area contributed by atoms with Gasteiger partial charge in [0.05, 0.1) is 5.56 Å². The lowest BCUT2D eigenvalue weighted by Crippen LogP contribution is -2.26. The molecule has 0 spiro atoms. The van der Waals surface area contributed by atoms with Gasteiger partial charge in [0.1, 0.15) is 11.6 Å². The van der Waals surface area contributed by atoms with Crippen LogP contribution in [-0.4, -0.2) is 17.6 Å². The molecule has 0 saturated carbocycles. The standard InChI is InChI=1S/C18H19ClFNO2/c1-11(2)7-8-21-18(23)14-5-3-12(9-16(14)20)15-10-13(19)4-6-17(15)22/h3-6,9-11,22H,7-8H2,1-2H3,(H,21,23). The third-order valence-electron chi connectivity index (χ3n) is 3.49. The van der Waals surface area contributed by atoms with Gasteiger partial charge in [0.2, 0.25) is 0 Å². The maximum absolute atomic E-state index is 14.2. The summed E-state index contributed by atoms with van der Waals surface area (Å²) in [6.45, 7) is 4.62. The molecular formula is C18H19ClFNO2. The zero-order valence-corrected chi connectivity index (χ0v) is 13.8. The lowest BCUT2D eigenvalue weighted by Gasteiger charge is -2.10. The topological polar surface area (TPSA) is 49.3 Å². The molecule has 0 aliphatic carbocycles. The van der Waals surface area contributed by atoms with Gasteiger partial charge in [-0.2, -0.15) is 0 Å². The van der Waals surface area contributed by atoms with Gasteiger partial charge in [-0.25, -0.2) is 4.39 Å². The summed E-state index contributed by atoms with van der Waals surface area (Å²) in [7, 11) is 0. The Labute approximate surface area is 140 Å². The zero-order valence-electron chi connectivity index (χ0n) is 13.1. The van der Waals surface area contributed by atoms with Crippen LogP contribution in [-0.2, 0) is 0 Å². The largest absolute Gasteiger partial charge is 0.507 e. The number of nitrogens with one attached hydrogen (secondary N) is 1. The van der Waals surface area contributed by atoms with E-state index in [2.05, 4.69) is 19.2 Å². The number of rotatable bonds is 5. The minimum absolute atomic E-state index is 0.00272. The van der Waals surface area contributed by atoms with Gasteiger partial charge in [-0.3, -0.25) is 4.79 Å². The zero-order chi connectivity index (χ0) is 17.0. The van der Waals surface area contributed by atoms with Crippen molar-refractivity contribution >= 4 is 17.5 Å². The fraction of sp³-hybridized carbons (Fsp3) is 0.278. The summed E-state index contributed by atoms with van der Waals surface area (Å²) >= 11 is 5.90. The van der Waals surface area contributed by atoms with Crippen LogP contribution < -0.4 is 5.32 Å². The molecule has 0 unspecified atom stereocenters.